The summed E-state index contributed by atoms with van der Waals surface area (Å²) in [5.41, 5.74) is -0.245. The molecule has 0 saturated heterocycles. The number of hydrogen-bond donors (Lipinski definition) is 1. The topological polar surface area (TPSA) is 55.7 Å². The predicted octanol–water partition coefficient (Wildman–Crippen LogP) is 7.26. The normalized spacial score (nSPS) is 13.9. The second kappa shape index (κ2) is 22.9. The lowest BCUT2D eigenvalue weighted by Gasteiger charge is -2.34. The van der Waals surface area contributed by atoms with Crippen LogP contribution in [0.15, 0.2) is 29.2 Å². The van der Waals surface area contributed by atoms with Crippen molar-refractivity contribution in [2.75, 3.05) is 34.0 Å². The molecule has 1 aromatic rings. The van der Waals surface area contributed by atoms with E-state index in [0.29, 0.717) is 38.1 Å². The quantitative estimate of drug-likeness (QED) is 0.274. The van der Waals surface area contributed by atoms with Crippen LogP contribution in [-0.2, 0) is 28.7 Å². The van der Waals surface area contributed by atoms with Crippen LogP contribution in [0.2, 0.25) is 0 Å². The van der Waals surface area contributed by atoms with Gasteiger partial charge < -0.3 is 24.3 Å². The summed E-state index contributed by atoms with van der Waals surface area (Å²) < 4.78 is 51.3. The molecule has 0 amide bonds. The van der Waals surface area contributed by atoms with Crippen molar-refractivity contribution >= 4 is 0 Å². The number of nitrogens with zero attached hydrogens (tertiary/aromatic N) is 2. The van der Waals surface area contributed by atoms with E-state index >= 15 is 0 Å². The Morgan fingerprint density at radius 2 is 1.62 bits per heavy atom. The molecule has 1 N–H and O–H groups in total. The second-order valence-electron chi connectivity index (χ2n) is 9.04. The Morgan fingerprint density at radius 1 is 1.00 bits per heavy atom. The van der Waals surface area contributed by atoms with Gasteiger partial charge in [0.25, 0.3) is 5.56 Å². The molecule has 2 rings (SSSR count). The number of allylic oxidation sites excluding steroid dienone is 1. The van der Waals surface area contributed by atoms with E-state index in [0.717, 1.165) is 43.9 Å². The number of aromatic nitrogens is 1. The van der Waals surface area contributed by atoms with Crippen molar-refractivity contribution in [2.45, 2.75) is 118 Å². The SMILES string of the molecule is C=C(CC[C@@H](CCC)N[C@@H](CCOC)COC)N1CCn2c(cc(C(F)(F)F)cc2=O)C1.CC.CC.CCC. The number of rotatable bonds is 13. The number of hydrogen-bond acceptors (Lipinski definition) is 5. The van der Waals surface area contributed by atoms with Crippen LogP contribution < -0.4 is 10.9 Å². The molecule has 6 nitrogen and oxygen atoms in total. The van der Waals surface area contributed by atoms with Crippen LogP contribution in [0.25, 0.3) is 0 Å². The Balaban J connectivity index is 0. The van der Waals surface area contributed by atoms with Gasteiger partial charge in [-0.15, -0.1) is 0 Å². The van der Waals surface area contributed by atoms with Crippen LogP contribution in [0.1, 0.15) is 98.2 Å². The van der Waals surface area contributed by atoms with Gasteiger partial charge in [0.1, 0.15) is 0 Å². The highest BCUT2D eigenvalue weighted by molar-refractivity contribution is 5.22. The molecule has 9 heteroatoms. The first-order chi connectivity index (χ1) is 18.6. The first kappa shape index (κ1) is 39.3. The van der Waals surface area contributed by atoms with Crippen molar-refractivity contribution in [2.24, 2.45) is 0 Å². The molecular formula is C30H56F3N3O3. The predicted molar refractivity (Wildman–Crippen MR) is 157 cm³/mol. The minimum absolute atomic E-state index is 0.194. The van der Waals surface area contributed by atoms with E-state index in [4.69, 9.17) is 9.47 Å². The summed E-state index contributed by atoms with van der Waals surface area (Å²) in [7, 11) is 3.36. The summed E-state index contributed by atoms with van der Waals surface area (Å²) >= 11 is 0. The third-order valence-electron chi connectivity index (χ3n) is 5.86. The molecular weight excluding hydrogens is 507 g/mol. The molecule has 39 heavy (non-hydrogen) atoms. The van der Waals surface area contributed by atoms with Gasteiger partial charge in [0.15, 0.2) is 0 Å². The Hall–Kier alpha value is -1.84. The number of nitrogens with one attached hydrogen (secondary N) is 1. The molecule has 0 saturated carbocycles. The van der Waals surface area contributed by atoms with E-state index < -0.39 is 17.3 Å². The molecule has 0 aromatic carbocycles. The summed E-state index contributed by atoms with van der Waals surface area (Å²) in [4.78, 5) is 14.1. The van der Waals surface area contributed by atoms with E-state index in [-0.39, 0.29) is 18.6 Å². The van der Waals surface area contributed by atoms with Crippen molar-refractivity contribution in [3.8, 4) is 0 Å². The van der Waals surface area contributed by atoms with Gasteiger partial charge in [0.05, 0.1) is 18.7 Å². The standard InChI is InChI=1S/C23H36F3N3O3.C3H8.2C2H6/c1-5-6-19(27-20(16-32-4)9-12-31-3)8-7-17(2)28-10-11-29-21(15-28)13-18(14-22(29)30)23(24,25)26;1-3-2;2*1-2/h13-14,19-20,27H,2,5-12,15-16H2,1,3-4H3;3H2,1-2H3;2*1-2H3/t19-,20+;;;/m1.../s1. The van der Waals surface area contributed by atoms with Gasteiger partial charge >= 0.3 is 6.18 Å². The average Bonchev–Trinajstić information content (AvgIpc) is 2.92. The highest BCUT2D eigenvalue weighted by Gasteiger charge is 2.33. The van der Waals surface area contributed by atoms with Gasteiger partial charge in [-0.1, -0.05) is 67.9 Å². The molecule has 0 fully saturated rings. The maximum absolute atomic E-state index is 13.1. The van der Waals surface area contributed by atoms with Crippen molar-refractivity contribution < 1.29 is 22.6 Å². The fourth-order valence-electron chi connectivity index (χ4n) is 4.13. The monoisotopic (exact) mass is 563 g/mol. The molecule has 1 aliphatic heterocycles. The molecule has 0 bridgehead atoms. The van der Waals surface area contributed by atoms with E-state index in [1.54, 1.807) is 14.2 Å². The number of alkyl halides is 3. The lowest BCUT2D eigenvalue weighted by atomic mass is 10.0. The van der Waals surface area contributed by atoms with Crippen LogP contribution in [-0.4, -0.2) is 55.5 Å². The van der Waals surface area contributed by atoms with Gasteiger partial charge in [0, 0.05) is 63.5 Å². The fourth-order valence-corrected chi connectivity index (χ4v) is 4.13. The molecule has 2 heterocycles. The Labute approximate surface area is 236 Å². The average molecular weight is 564 g/mol. The molecule has 230 valence electrons. The minimum Gasteiger partial charge on any atom is -0.385 e. The van der Waals surface area contributed by atoms with E-state index in [9.17, 15) is 18.0 Å². The fraction of sp³-hybridized carbons (Fsp3) is 0.767. The maximum Gasteiger partial charge on any atom is 0.416 e. The third kappa shape index (κ3) is 15.5. The summed E-state index contributed by atoms with van der Waals surface area (Å²) in [6, 6.07) is 2.23. The van der Waals surface area contributed by atoms with Crippen LogP contribution in [0.3, 0.4) is 0 Å². The van der Waals surface area contributed by atoms with Crippen molar-refractivity contribution in [1.82, 2.24) is 14.8 Å². The molecule has 0 radical (unpaired) electrons. The van der Waals surface area contributed by atoms with E-state index in [1.807, 2.05) is 32.6 Å². The van der Waals surface area contributed by atoms with Gasteiger partial charge in [0.2, 0.25) is 0 Å². The maximum atomic E-state index is 13.1. The Bertz CT molecular complexity index is 813. The Morgan fingerprint density at radius 3 is 2.13 bits per heavy atom. The second-order valence-corrected chi connectivity index (χ2v) is 9.04. The molecule has 2 atom stereocenters. The molecule has 1 aromatic heterocycles. The number of ether oxygens (including phenoxy) is 2. The largest absolute Gasteiger partial charge is 0.416 e. The molecule has 0 unspecified atom stereocenters. The molecule has 1 aliphatic rings. The van der Waals surface area contributed by atoms with Gasteiger partial charge in [-0.05, 0) is 31.7 Å². The third-order valence-corrected chi connectivity index (χ3v) is 5.86. The zero-order valence-corrected chi connectivity index (χ0v) is 26.0. The molecule has 0 spiro atoms. The number of methoxy groups -OCH3 is 2. The van der Waals surface area contributed by atoms with Crippen LogP contribution in [0.4, 0.5) is 13.2 Å². The lowest BCUT2D eigenvalue weighted by Crippen LogP contribution is -2.42. The number of halogens is 3. The zero-order chi connectivity index (χ0) is 30.4. The van der Waals surface area contributed by atoms with Gasteiger partial charge in [-0.25, -0.2) is 0 Å². The van der Waals surface area contributed by atoms with Crippen LogP contribution in [0.5, 0.6) is 0 Å². The minimum atomic E-state index is -4.53. The first-order valence-electron chi connectivity index (χ1n) is 14.6. The molecule has 0 aliphatic carbocycles. The summed E-state index contributed by atoms with van der Waals surface area (Å²) in [5, 5.41) is 3.66. The number of fused-ring (bicyclic) bond motifs is 1. The highest BCUT2D eigenvalue weighted by atomic mass is 19.4. The lowest BCUT2D eigenvalue weighted by molar-refractivity contribution is -0.137. The van der Waals surface area contributed by atoms with Crippen LogP contribution >= 0.6 is 0 Å². The first-order valence-corrected chi connectivity index (χ1v) is 14.6. The van der Waals surface area contributed by atoms with E-state index in [1.165, 1.54) is 11.0 Å². The van der Waals surface area contributed by atoms with Crippen molar-refractivity contribution in [3.05, 3.63) is 46.0 Å². The van der Waals surface area contributed by atoms with Gasteiger partial charge in [-0.3, -0.25) is 4.79 Å². The summed E-state index contributed by atoms with van der Waals surface area (Å²) in [6.45, 7) is 21.0. The zero-order valence-electron chi connectivity index (χ0n) is 26.0. The van der Waals surface area contributed by atoms with Crippen molar-refractivity contribution in [1.29, 1.82) is 0 Å². The number of pyridine rings is 1. The summed E-state index contributed by atoms with van der Waals surface area (Å²) in [5.74, 6) is 0. The smallest absolute Gasteiger partial charge is 0.385 e. The van der Waals surface area contributed by atoms with Gasteiger partial charge in [-0.2, -0.15) is 13.2 Å². The van der Waals surface area contributed by atoms with Crippen molar-refractivity contribution in [3.63, 3.8) is 0 Å². The summed E-state index contributed by atoms with van der Waals surface area (Å²) in [6.07, 6.45) is 1.21. The highest BCUT2D eigenvalue weighted by Crippen LogP contribution is 2.30. The Kier molecular flexibility index (Phi) is 23.1. The van der Waals surface area contributed by atoms with Crippen LogP contribution in [0, 0.1) is 0 Å². The van der Waals surface area contributed by atoms with E-state index in [2.05, 4.69) is 32.7 Å².